The number of nitrogens with two attached hydrogens (primary N) is 1. The molecule has 1 atom stereocenters. The molecular formula is C15H26N2S. The number of unbranched alkanes of at least 4 members (excludes halogenated alkanes) is 1. The third kappa shape index (κ3) is 3.34. The molecule has 1 fully saturated rings. The zero-order chi connectivity index (χ0) is 13.0. The minimum Gasteiger partial charge on any atom is -0.329 e. The third-order valence-corrected chi connectivity index (χ3v) is 5.10. The van der Waals surface area contributed by atoms with Crippen LogP contribution in [0.4, 0.5) is 0 Å². The molecule has 1 aliphatic carbocycles. The molecule has 0 spiro atoms. The van der Waals surface area contributed by atoms with Gasteiger partial charge < -0.3 is 5.73 Å². The van der Waals surface area contributed by atoms with Crippen LogP contribution in [0, 0.1) is 0 Å². The Balaban J connectivity index is 2.08. The van der Waals surface area contributed by atoms with Crippen LogP contribution in [-0.4, -0.2) is 24.0 Å². The highest BCUT2D eigenvalue weighted by atomic mass is 32.1. The van der Waals surface area contributed by atoms with Crippen LogP contribution in [0.1, 0.15) is 55.3 Å². The molecule has 102 valence electrons. The van der Waals surface area contributed by atoms with Crippen LogP contribution in [0.2, 0.25) is 0 Å². The summed E-state index contributed by atoms with van der Waals surface area (Å²) in [5, 5.41) is 0. The van der Waals surface area contributed by atoms with Crippen molar-refractivity contribution in [3.63, 3.8) is 0 Å². The van der Waals surface area contributed by atoms with Crippen molar-refractivity contribution in [2.24, 2.45) is 5.73 Å². The van der Waals surface area contributed by atoms with Gasteiger partial charge in [0, 0.05) is 22.3 Å². The first-order valence-electron chi connectivity index (χ1n) is 7.34. The molecule has 1 heterocycles. The number of hydrogen-bond acceptors (Lipinski definition) is 3. The van der Waals surface area contributed by atoms with Crippen LogP contribution in [0.15, 0.2) is 12.1 Å². The third-order valence-electron chi connectivity index (χ3n) is 3.77. The van der Waals surface area contributed by atoms with Crippen LogP contribution in [0.3, 0.4) is 0 Å². The second-order valence-corrected chi connectivity index (χ2v) is 6.43. The maximum Gasteiger partial charge on any atom is 0.0566 e. The number of rotatable bonds is 8. The van der Waals surface area contributed by atoms with Crippen LogP contribution in [0.25, 0.3) is 0 Å². The first-order valence-corrected chi connectivity index (χ1v) is 8.16. The van der Waals surface area contributed by atoms with Gasteiger partial charge >= 0.3 is 0 Å². The van der Waals surface area contributed by atoms with Gasteiger partial charge in [-0.2, -0.15) is 0 Å². The number of aryl methyl sites for hydroxylation is 1. The Labute approximate surface area is 115 Å². The largest absolute Gasteiger partial charge is 0.329 e. The smallest absolute Gasteiger partial charge is 0.0566 e. The standard InChI is InChI=1S/C15H26N2S/c1-3-5-10-17(12-6-7-12)14(11-16)15-9-8-13(4-2)18-15/h8-9,12,14H,3-7,10-11,16H2,1-2H3. The average Bonchev–Trinajstić information content (AvgIpc) is 3.12. The zero-order valence-electron chi connectivity index (χ0n) is 11.7. The van der Waals surface area contributed by atoms with Gasteiger partial charge in [0.1, 0.15) is 0 Å². The molecule has 0 aliphatic heterocycles. The van der Waals surface area contributed by atoms with E-state index in [0.29, 0.717) is 6.04 Å². The van der Waals surface area contributed by atoms with E-state index in [2.05, 4.69) is 30.9 Å². The van der Waals surface area contributed by atoms with E-state index >= 15 is 0 Å². The van der Waals surface area contributed by atoms with E-state index in [0.717, 1.165) is 19.0 Å². The van der Waals surface area contributed by atoms with Gasteiger partial charge in [-0.1, -0.05) is 20.3 Å². The molecule has 1 aliphatic rings. The SMILES string of the molecule is CCCCN(C1CC1)C(CN)c1ccc(CC)s1. The fourth-order valence-corrected chi connectivity index (χ4v) is 3.61. The van der Waals surface area contributed by atoms with Crippen molar-refractivity contribution in [3.8, 4) is 0 Å². The molecule has 1 saturated carbocycles. The minimum absolute atomic E-state index is 0.453. The Morgan fingerprint density at radius 3 is 2.67 bits per heavy atom. The second-order valence-electron chi connectivity index (χ2n) is 5.23. The van der Waals surface area contributed by atoms with E-state index in [-0.39, 0.29) is 0 Å². The minimum atomic E-state index is 0.453. The average molecular weight is 266 g/mol. The molecule has 0 saturated heterocycles. The van der Waals surface area contributed by atoms with Crippen molar-refractivity contribution < 1.29 is 0 Å². The van der Waals surface area contributed by atoms with Gasteiger partial charge in [-0.25, -0.2) is 0 Å². The molecule has 2 N–H and O–H groups in total. The monoisotopic (exact) mass is 266 g/mol. The lowest BCUT2D eigenvalue weighted by Gasteiger charge is -2.30. The molecule has 0 aromatic carbocycles. The Morgan fingerprint density at radius 2 is 2.17 bits per heavy atom. The molecule has 3 heteroatoms. The van der Waals surface area contributed by atoms with Gasteiger partial charge in [0.2, 0.25) is 0 Å². The van der Waals surface area contributed by atoms with E-state index < -0.39 is 0 Å². The van der Waals surface area contributed by atoms with E-state index in [1.54, 1.807) is 0 Å². The lowest BCUT2D eigenvalue weighted by Crippen LogP contribution is -2.35. The molecule has 0 bridgehead atoms. The zero-order valence-corrected chi connectivity index (χ0v) is 12.5. The maximum absolute atomic E-state index is 6.06. The summed E-state index contributed by atoms with van der Waals surface area (Å²) in [5.41, 5.74) is 6.06. The second kappa shape index (κ2) is 6.69. The van der Waals surface area contributed by atoms with E-state index in [9.17, 15) is 0 Å². The van der Waals surface area contributed by atoms with Crippen LogP contribution in [0.5, 0.6) is 0 Å². The summed E-state index contributed by atoms with van der Waals surface area (Å²) in [7, 11) is 0. The molecule has 2 nitrogen and oxygen atoms in total. The van der Waals surface area contributed by atoms with Gasteiger partial charge in [0.05, 0.1) is 6.04 Å². The molecule has 1 aromatic heterocycles. The summed E-state index contributed by atoms with van der Waals surface area (Å²) in [6.07, 6.45) is 6.43. The molecule has 2 rings (SSSR count). The van der Waals surface area contributed by atoms with E-state index in [1.165, 1.54) is 42.0 Å². The van der Waals surface area contributed by atoms with Gasteiger partial charge in [0.25, 0.3) is 0 Å². The van der Waals surface area contributed by atoms with E-state index in [1.807, 2.05) is 11.3 Å². The predicted octanol–water partition coefficient (Wildman–Crippen LogP) is 3.57. The molecular weight excluding hydrogens is 240 g/mol. The van der Waals surface area contributed by atoms with Crippen molar-refractivity contribution in [1.82, 2.24) is 4.90 Å². The normalized spacial score (nSPS) is 17.3. The van der Waals surface area contributed by atoms with Crippen molar-refractivity contribution in [1.29, 1.82) is 0 Å². The first-order chi connectivity index (χ1) is 8.80. The van der Waals surface area contributed by atoms with Gasteiger partial charge in [-0.15, -0.1) is 11.3 Å². The van der Waals surface area contributed by atoms with Crippen LogP contribution < -0.4 is 5.73 Å². The lowest BCUT2D eigenvalue weighted by atomic mass is 10.1. The van der Waals surface area contributed by atoms with Crippen LogP contribution in [-0.2, 0) is 6.42 Å². The molecule has 18 heavy (non-hydrogen) atoms. The topological polar surface area (TPSA) is 29.3 Å². The number of hydrogen-bond donors (Lipinski definition) is 1. The number of thiophene rings is 1. The molecule has 1 unspecified atom stereocenters. The van der Waals surface area contributed by atoms with Crippen molar-refractivity contribution >= 4 is 11.3 Å². The quantitative estimate of drug-likeness (QED) is 0.779. The Kier molecular flexibility index (Phi) is 5.22. The highest BCUT2D eigenvalue weighted by Gasteiger charge is 2.34. The molecule has 0 radical (unpaired) electrons. The van der Waals surface area contributed by atoms with Gasteiger partial charge in [0.15, 0.2) is 0 Å². The Morgan fingerprint density at radius 1 is 1.39 bits per heavy atom. The van der Waals surface area contributed by atoms with Gasteiger partial charge in [-0.05, 0) is 44.4 Å². The summed E-state index contributed by atoms with van der Waals surface area (Å²) >= 11 is 1.95. The Bertz CT molecular complexity index is 357. The highest BCUT2D eigenvalue weighted by molar-refractivity contribution is 7.12. The fraction of sp³-hybridized carbons (Fsp3) is 0.733. The van der Waals surface area contributed by atoms with Crippen molar-refractivity contribution in [2.45, 2.75) is 58.0 Å². The Hall–Kier alpha value is -0.380. The van der Waals surface area contributed by atoms with Crippen LogP contribution >= 0.6 is 11.3 Å². The fourth-order valence-electron chi connectivity index (χ4n) is 2.52. The molecule has 0 amide bonds. The maximum atomic E-state index is 6.06. The van der Waals surface area contributed by atoms with Gasteiger partial charge in [-0.3, -0.25) is 4.90 Å². The number of nitrogens with zero attached hydrogens (tertiary/aromatic N) is 1. The lowest BCUT2D eigenvalue weighted by molar-refractivity contribution is 0.191. The summed E-state index contributed by atoms with van der Waals surface area (Å²) in [6.45, 7) is 6.46. The van der Waals surface area contributed by atoms with Crippen molar-refractivity contribution in [2.75, 3.05) is 13.1 Å². The molecule has 1 aromatic rings. The summed E-state index contributed by atoms with van der Waals surface area (Å²) in [5.74, 6) is 0. The summed E-state index contributed by atoms with van der Waals surface area (Å²) in [6, 6.07) is 5.82. The van der Waals surface area contributed by atoms with Crippen molar-refractivity contribution in [3.05, 3.63) is 21.9 Å². The van der Waals surface area contributed by atoms with E-state index in [4.69, 9.17) is 5.73 Å². The predicted molar refractivity (Wildman–Crippen MR) is 80.1 cm³/mol. The first kappa shape index (κ1) is 14.0. The summed E-state index contributed by atoms with van der Waals surface area (Å²) in [4.78, 5) is 5.61. The summed E-state index contributed by atoms with van der Waals surface area (Å²) < 4.78 is 0. The highest BCUT2D eigenvalue weighted by Crippen LogP contribution is 2.36.